The van der Waals surface area contributed by atoms with Crippen molar-refractivity contribution in [3.8, 4) is 0 Å². The highest BCUT2D eigenvalue weighted by Crippen LogP contribution is 2.28. The lowest BCUT2D eigenvalue weighted by Gasteiger charge is -2.30. The van der Waals surface area contributed by atoms with Gasteiger partial charge in [-0.3, -0.25) is 9.69 Å². The van der Waals surface area contributed by atoms with Gasteiger partial charge in [-0.15, -0.1) is 5.10 Å². The van der Waals surface area contributed by atoms with Gasteiger partial charge in [0, 0.05) is 24.0 Å². The zero-order valence-electron chi connectivity index (χ0n) is 21.9. The lowest BCUT2D eigenvalue weighted by molar-refractivity contribution is 0.161. The lowest BCUT2D eigenvalue weighted by Crippen LogP contribution is -2.32. The van der Waals surface area contributed by atoms with Crippen molar-refractivity contribution in [2.75, 3.05) is 0 Å². The standard InChI is InChI=1S/C30H31FN6O/c1-4-27(29-33-34-35-37(29)18-22-8-6-5-7-9-22)36(17-23-12-14-25(31)15-13-23)19-24-16-26-20(2)10-11-21(3)28(26)32-30(24)38/h5-16,27H,4,17-19H2,1-3H3,(H,32,38). The highest BCUT2D eigenvalue weighted by atomic mass is 19.1. The van der Waals surface area contributed by atoms with Crippen molar-refractivity contribution in [2.45, 2.75) is 52.9 Å². The molecule has 1 atom stereocenters. The van der Waals surface area contributed by atoms with Crippen molar-refractivity contribution in [1.29, 1.82) is 0 Å². The van der Waals surface area contributed by atoms with E-state index in [9.17, 15) is 9.18 Å². The number of H-pyrrole nitrogens is 1. The highest BCUT2D eigenvalue weighted by molar-refractivity contribution is 5.85. The number of fused-ring (bicyclic) bond motifs is 1. The van der Waals surface area contributed by atoms with E-state index in [1.54, 1.807) is 12.1 Å². The summed E-state index contributed by atoms with van der Waals surface area (Å²) in [6.45, 7) is 7.56. The molecule has 2 aromatic heterocycles. The van der Waals surface area contributed by atoms with Crippen LogP contribution in [-0.4, -0.2) is 30.1 Å². The van der Waals surface area contributed by atoms with Gasteiger partial charge in [0.15, 0.2) is 5.82 Å². The van der Waals surface area contributed by atoms with Crippen molar-refractivity contribution >= 4 is 10.9 Å². The molecule has 0 amide bonds. The van der Waals surface area contributed by atoms with Crippen molar-refractivity contribution < 1.29 is 4.39 Å². The molecule has 3 aromatic carbocycles. The zero-order chi connectivity index (χ0) is 26.6. The van der Waals surface area contributed by atoms with Crippen LogP contribution in [0.3, 0.4) is 0 Å². The predicted octanol–water partition coefficient (Wildman–Crippen LogP) is 5.47. The summed E-state index contributed by atoms with van der Waals surface area (Å²) in [6, 6.07) is 22.4. The second kappa shape index (κ2) is 11.1. The van der Waals surface area contributed by atoms with Crippen LogP contribution in [0, 0.1) is 19.7 Å². The van der Waals surface area contributed by atoms with Gasteiger partial charge in [0.05, 0.1) is 18.1 Å². The Kier molecular flexibility index (Phi) is 7.42. The van der Waals surface area contributed by atoms with Gasteiger partial charge >= 0.3 is 0 Å². The summed E-state index contributed by atoms with van der Waals surface area (Å²) >= 11 is 0. The third kappa shape index (κ3) is 5.40. The van der Waals surface area contributed by atoms with Gasteiger partial charge in [-0.1, -0.05) is 61.5 Å². The Balaban J connectivity index is 1.54. The second-order valence-corrected chi connectivity index (χ2v) is 9.75. The van der Waals surface area contributed by atoms with E-state index < -0.39 is 0 Å². The third-order valence-electron chi connectivity index (χ3n) is 7.05. The molecule has 0 radical (unpaired) electrons. The summed E-state index contributed by atoms with van der Waals surface area (Å²) in [6.07, 6.45) is 0.722. The SMILES string of the molecule is CCC(c1nnnn1Cc1ccccc1)N(Cc1ccc(F)cc1)Cc1cc2c(C)ccc(C)c2[nH]c1=O. The average Bonchev–Trinajstić information content (AvgIpc) is 3.37. The van der Waals surface area contributed by atoms with Crippen LogP contribution in [-0.2, 0) is 19.6 Å². The molecule has 0 spiro atoms. The molecule has 38 heavy (non-hydrogen) atoms. The van der Waals surface area contributed by atoms with E-state index in [0.29, 0.717) is 25.2 Å². The first kappa shape index (κ1) is 25.5. The summed E-state index contributed by atoms with van der Waals surface area (Å²) < 4.78 is 15.5. The maximum absolute atomic E-state index is 13.7. The third-order valence-corrected chi connectivity index (χ3v) is 7.05. The van der Waals surface area contributed by atoms with Gasteiger partial charge in [-0.25, -0.2) is 9.07 Å². The highest BCUT2D eigenvalue weighted by Gasteiger charge is 2.26. The topological polar surface area (TPSA) is 79.7 Å². The fraction of sp³-hybridized carbons (Fsp3) is 0.267. The number of nitrogens with zero attached hydrogens (tertiary/aromatic N) is 5. The van der Waals surface area contributed by atoms with E-state index in [1.807, 2.05) is 61.0 Å². The van der Waals surface area contributed by atoms with Crippen molar-refractivity contribution in [1.82, 2.24) is 30.1 Å². The molecular weight excluding hydrogens is 479 g/mol. The summed E-state index contributed by atoms with van der Waals surface area (Å²) in [4.78, 5) is 18.6. The molecule has 7 nitrogen and oxygen atoms in total. The first-order valence-corrected chi connectivity index (χ1v) is 12.8. The molecule has 8 heteroatoms. The van der Waals surface area contributed by atoms with Gasteiger partial charge < -0.3 is 4.98 Å². The Morgan fingerprint density at radius 3 is 2.42 bits per heavy atom. The van der Waals surface area contributed by atoms with E-state index in [2.05, 4.69) is 38.4 Å². The fourth-order valence-electron chi connectivity index (χ4n) is 4.98. The summed E-state index contributed by atoms with van der Waals surface area (Å²) in [7, 11) is 0. The Hall–Kier alpha value is -4.17. The van der Waals surface area contributed by atoms with Crippen LogP contribution in [0.4, 0.5) is 4.39 Å². The zero-order valence-corrected chi connectivity index (χ0v) is 21.9. The largest absolute Gasteiger partial charge is 0.321 e. The Bertz CT molecular complexity index is 1590. The number of halogens is 1. The minimum Gasteiger partial charge on any atom is -0.321 e. The Morgan fingerprint density at radius 1 is 0.947 bits per heavy atom. The Labute approximate surface area is 220 Å². The number of aromatic amines is 1. The first-order valence-electron chi connectivity index (χ1n) is 12.8. The van der Waals surface area contributed by atoms with E-state index in [4.69, 9.17) is 0 Å². The van der Waals surface area contributed by atoms with Gasteiger partial charge in [-0.2, -0.15) is 0 Å². The van der Waals surface area contributed by atoms with Crippen LogP contribution >= 0.6 is 0 Å². The van der Waals surface area contributed by atoms with Gasteiger partial charge in [0.25, 0.3) is 5.56 Å². The summed E-state index contributed by atoms with van der Waals surface area (Å²) in [5.41, 5.74) is 5.58. The number of hydrogen-bond acceptors (Lipinski definition) is 5. The molecule has 5 rings (SSSR count). The first-order chi connectivity index (χ1) is 18.4. The predicted molar refractivity (Wildman–Crippen MR) is 146 cm³/mol. The molecule has 0 saturated carbocycles. The Morgan fingerprint density at radius 2 is 1.68 bits per heavy atom. The minimum atomic E-state index is -0.282. The monoisotopic (exact) mass is 510 g/mol. The molecule has 1 N–H and O–H groups in total. The molecule has 0 aliphatic carbocycles. The lowest BCUT2D eigenvalue weighted by atomic mass is 10.0. The van der Waals surface area contributed by atoms with E-state index in [1.165, 1.54) is 12.1 Å². The second-order valence-electron chi connectivity index (χ2n) is 9.75. The smallest absolute Gasteiger partial charge is 0.252 e. The van der Waals surface area contributed by atoms with Crippen molar-refractivity contribution in [3.63, 3.8) is 0 Å². The van der Waals surface area contributed by atoms with Gasteiger partial charge in [-0.05, 0) is 71.1 Å². The maximum atomic E-state index is 13.7. The minimum absolute atomic E-state index is 0.117. The molecule has 0 aliphatic heterocycles. The maximum Gasteiger partial charge on any atom is 0.252 e. The normalized spacial score (nSPS) is 12.3. The van der Waals surface area contributed by atoms with Crippen molar-refractivity contribution in [3.05, 3.63) is 123 Å². The van der Waals surface area contributed by atoms with Gasteiger partial charge in [0.1, 0.15) is 5.82 Å². The van der Waals surface area contributed by atoms with Crippen LogP contribution in [0.25, 0.3) is 10.9 Å². The number of nitrogens with one attached hydrogen (secondary N) is 1. The van der Waals surface area contributed by atoms with E-state index in [0.717, 1.165) is 45.4 Å². The van der Waals surface area contributed by atoms with Crippen LogP contribution in [0.15, 0.2) is 77.6 Å². The van der Waals surface area contributed by atoms with Crippen LogP contribution in [0.1, 0.15) is 53.0 Å². The fourth-order valence-corrected chi connectivity index (χ4v) is 4.98. The number of rotatable bonds is 9. The van der Waals surface area contributed by atoms with Crippen LogP contribution in [0.5, 0.6) is 0 Å². The van der Waals surface area contributed by atoms with E-state index >= 15 is 0 Å². The molecule has 1 unspecified atom stereocenters. The summed E-state index contributed by atoms with van der Waals surface area (Å²) in [5.74, 6) is 0.443. The number of hydrogen-bond donors (Lipinski definition) is 1. The quantitative estimate of drug-likeness (QED) is 0.284. The molecule has 0 bridgehead atoms. The molecule has 5 aromatic rings. The number of benzene rings is 3. The molecule has 194 valence electrons. The number of pyridine rings is 1. The van der Waals surface area contributed by atoms with Gasteiger partial charge in [0.2, 0.25) is 0 Å². The van der Waals surface area contributed by atoms with Crippen LogP contribution < -0.4 is 5.56 Å². The van der Waals surface area contributed by atoms with Crippen LogP contribution in [0.2, 0.25) is 0 Å². The molecule has 0 saturated heterocycles. The summed E-state index contributed by atoms with van der Waals surface area (Å²) in [5, 5.41) is 13.7. The molecule has 0 fully saturated rings. The van der Waals surface area contributed by atoms with Crippen molar-refractivity contribution in [2.24, 2.45) is 0 Å². The molecular formula is C30H31FN6O. The molecule has 0 aliphatic rings. The number of tetrazole rings is 1. The average molecular weight is 511 g/mol. The number of aryl methyl sites for hydroxylation is 2. The number of aromatic nitrogens is 5. The molecule has 2 heterocycles. The van der Waals surface area contributed by atoms with E-state index in [-0.39, 0.29) is 17.4 Å².